The molecule has 5 nitrogen and oxygen atoms in total. The predicted molar refractivity (Wildman–Crippen MR) is 80.1 cm³/mol. The second-order valence-corrected chi connectivity index (χ2v) is 4.79. The number of nitrogens with one attached hydrogen (secondary N) is 1. The van der Waals surface area contributed by atoms with E-state index in [-0.39, 0.29) is 11.4 Å². The van der Waals surface area contributed by atoms with E-state index in [9.17, 15) is 9.18 Å². The highest BCUT2D eigenvalue weighted by molar-refractivity contribution is 6.04. The van der Waals surface area contributed by atoms with Crippen molar-refractivity contribution < 1.29 is 19.0 Å². The third kappa shape index (κ3) is 2.90. The van der Waals surface area contributed by atoms with Gasteiger partial charge in [0, 0.05) is 18.1 Å². The van der Waals surface area contributed by atoms with Gasteiger partial charge in [0.1, 0.15) is 11.6 Å². The van der Waals surface area contributed by atoms with Gasteiger partial charge in [-0.2, -0.15) is 5.10 Å². The fraction of sp³-hybridized carbons (Fsp3) is 0.125. The van der Waals surface area contributed by atoms with Crippen molar-refractivity contribution in [3.63, 3.8) is 0 Å². The van der Waals surface area contributed by atoms with Crippen LogP contribution in [-0.2, 0) is 0 Å². The van der Waals surface area contributed by atoms with Crippen molar-refractivity contribution in [2.24, 2.45) is 5.10 Å². The Morgan fingerprint density at radius 1 is 1.23 bits per heavy atom. The minimum absolute atomic E-state index is 0.213. The largest absolute Gasteiger partial charge is 0.492 e. The molecule has 0 aliphatic carbocycles. The lowest BCUT2D eigenvalue weighted by atomic mass is 10.0. The number of hydrogen-bond acceptors (Lipinski definition) is 4. The number of hydrogen-bond donors (Lipinski definition) is 2. The van der Waals surface area contributed by atoms with Gasteiger partial charge in [-0.1, -0.05) is 0 Å². The number of hydrazone groups is 1. The van der Waals surface area contributed by atoms with Gasteiger partial charge in [0.05, 0.1) is 23.6 Å². The van der Waals surface area contributed by atoms with Crippen LogP contribution >= 0.6 is 0 Å². The fourth-order valence-electron chi connectivity index (χ4n) is 2.18. The lowest BCUT2D eigenvalue weighted by Crippen LogP contribution is -2.17. The van der Waals surface area contributed by atoms with E-state index in [0.717, 1.165) is 11.3 Å². The number of fused-ring (bicyclic) bond motifs is 1. The molecule has 0 bridgehead atoms. The summed E-state index contributed by atoms with van der Waals surface area (Å²) in [5.41, 5.74) is 5.29. The van der Waals surface area contributed by atoms with Crippen molar-refractivity contribution in [2.45, 2.75) is 6.42 Å². The summed E-state index contributed by atoms with van der Waals surface area (Å²) in [6.07, 6.45) is 0.610. The number of aromatic carboxylic acids is 1. The maximum absolute atomic E-state index is 13.2. The molecule has 3 rings (SSSR count). The Balaban J connectivity index is 1.80. The van der Waals surface area contributed by atoms with Crippen LogP contribution in [0.3, 0.4) is 0 Å². The molecule has 112 valence electrons. The molecule has 2 aromatic carbocycles. The van der Waals surface area contributed by atoms with Crippen LogP contribution in [0.2, 0.25) is 0 Å². The van der Waals surface area contributed by atoms with Crippen LogP contribution in [-0.4, -0.2) is 23.4 Å². The minimum Gasteiger partial charge on any atom is -0.492 e. The van der Waals surface area contributed by atoms with E-state index in [2.05, 4.69) is 10.5 Å². The standard InChI is InChI=1S/C16H13FN2O3/c17-11-3-6-13-14(7-8-22-15(13)9-11)19-18-12-4-1-10(2-5-12)16(20)21/h1-6,9,18H,7-8H2,(H,20,21)/b19-14-. The Hall–Kier alpha value is -2.89. The maximum atomic E-state index is 13.2. The van der Waals surface area contributed by atoms with E-state index < -0.39 is 5.97 Å². The SMILES string of the molecule is O=C(O)c1ccc(N/N=C2/CCOc3cc(F)ccc32)cc1. The number of benzene rings is 2. The molecule has 22 heavy (non-hydrogen) atoms. The number of carbonyl (C=O) groups is 1. The zero-order valence-electron chi connectivity index (χ0n) is 11.5. The van der Waals surface area contributed by atoms with Crippen LogP contribution in [0, 0.1) is 5.82 Å². The molecule has 6 heteroatoms. The molecular formula is C16H13FN2O3. The molecule has 1 aliphatic heterocycles. The lowest BCUT2D eigenvalue weighted by molar-refractivity contribution is 0.0697. The quantitative estimate of drug-likeness (QED) is 0.854. The zero-order valence-corrected chi connectivity index (χ0v) is 11.5. The summed E-state index contributed by atoms with van der Waals surface area (Å²) in [6.45, 7) is 0.439. The van der Waals surface area contributed by atoms with Gasteiger partial charge in [0.25, 0.3) is 0 Å². The molecule has 0 saturated heterocycles. The third-order valence-electron chi connectivity index (χ3n) is 3.30. The topological polar surface area (TPSA) is 70.9 Å². The summed E-state index contributed by atoms with van der Waals surface area (Å²) >= 11 is 0. The maximum Gasteiger partial charge on any atom is 0.335 e. The summed E-state index contributed by atoms with van der Waals surface area (Å²) in [5, 5.41) is 13.2. The molecule has 0 aromatic heterocycles. The summed E-state index contributed by atoms with van der Waals surface area (Å²) in [4.78, 5) is 10.8. The monoisotopic (exact) mass is 300 g/mol. The number of halogens is 1. The summed E-state index contributed by atoms with van der Waals surface area (Å²) < 4.78 is 18.6. The number of anilines is 1. The molecule has 0 atom stereocenters. The predicted octanol–water partition coefficient (Wildman–Crippen LogP) is 3.12. The van der Waals surface area contributed by atoms with Crippen molar-refractivity contribution in [1.29, 1.82) is 0 Å². The van der Waals surface area contributed by atoms with Crippen molar-refractivity contribution >= 4 is 17.4 Å². The molecular weight excluding hydrogens is 287 g/mol. The highest BCUT2D eigenvalue weighted by Gasteiger charge is 2.17. The van der Waals surface area contributed by atoms with Crippen LogP contribution in [0.1, 0.15) is 22.3 Å². The van der Waals surface area contributed by atoms with Gasteiger partial charge < -0.3 is 9.84 Å². The smallest absolute Gasteiger partial charge is 0.335 e. The first kappa shape index (κ1) is 14.1. The Labute approximate surface area is 126 Å². The molecule has 0 spiro atoms. The first-order valence-electron chi connectivity index (χ1n) is 6.72. The second kappa shape index (κ2) is 5.85. The van der Waals surface area contributed by atoms with Crippen molar-refractivity contribution in [2.75, 3.05) is 12.0 Å². The normalized spacial score (nSPS) is 15.0. The van der Waals surface area contributed by atoms with Crippen LogP contribution < -0.4 is 10.2 Å². The van der Waals surface area contributed by atoms with Crippen molar-refractivity contribution in [3.05, 3.63) is 59.4 Å². The Morgan fingerprint density at radius 2 is 2.00 bits per heavy atom. The molecule has 0 radical (unpaired) electrons. The molecule has 0 fully saturated rings. The minimum atomic E-state index is -0.974. The molecule has 1 heterocycles. The zero-order chi connectivity index (χ0) is 15.5. The van der Waals surface area contributed by atoms with E-state index in [1.165, 1.54) is 24.3 Å². The van der Waals surface area contributed by atoms with Gasteiger partial charge in [0.15, 0.2) is 0 Å². The van der Waals surface area contributed by atoms with Gasteiger partial charge in [0.2, 0.25) is 0 Å². The first-order valence-corrected chi connectivity index (χ1v) is 6.72. The second-order valence-electron chi connectivity index (χ2n) is 4.79. The van der Waals surface area contributed by atoms with Gasteiger partial charge in [-0.3, -0.25) is 5.43 Å². The lowest BCUT2D eigenvalue weighted by Gasteiger charge is -2.19. The molecule has 2 aromatic rings. The number of ether oxygens (including phenoxy) is 1. The van der Waals surface area contributed by atoms with Gasteiger partial charge >= 0.3 is 5.97 Å². The van der Waals surface area contributed by atoms with E-state index >= 15 is 0 Å². The number of rotatable bonds is 3. The number of carboxylic acids is 1. The van der Waals surface area contributed by atoms with Gasteiger partial charge in [-0.15, -0.1) is 0 Å². The van der Waals surface area contributed by atoms with Crippen molar-refractivity contribution in [1.82, 2.24) is 0 Å². The molecule has 0 amide bonds. The average molecular weight is 300 g/mol. The Morgan fingerprint density at radius 3 is 2.73 bits per heavy atom. The molecule has 0 saturated carbocycles. The third-order valence-corrected chi connectivity index (χ3v) is 3.30. The Bertz CT molecular complexity index is 742. The highest BCUT2D eigenvalue weighted by atomic mass is 19.1. The summed E-state index contributed by atoms with van der Waals surface area (Å²) in [5.74, 6) is -0.844. The van der Waals surface area contributed by atoms with Crippen LogP contribution in [0.5, 0.6) is 5.75 Å². The van der Waals surface area contributed by atoms with E-state index in [1.807, 2.05) is 0 Å². The molecule has 0 unspecified atom stereocenters. The summed E-state index contributed by atoms with van der Waals surface area (Å²) in [7, 11) is 0. The molecule has 2 N–H and O–H groups in total. The van der Waals surface area contributed by atoms with Gasteiger partial charge in [-0.25, -0.2) is 9.18 Å². The molecule has 1 aliphatic rings. The Kier molecular flexibility index (Phi) is 3.74. The van der Waals surface area contributed by atoms with E-state index in [0.29, 0.717) is 24.5 Å². The van der Waals surface area contributed by atoms with Crippen molar-refractivity contribution in [3.8, 4) is 5.75 Å². The van der Waals surface area contributed by atoms with E-state index in [4.69, 9.17) is 9.84 Å². The average Bonchev–Trinajstić information content (AvgIpc) is 2.52. The van der Waals surface area contributed by atoms with Gasteiger partial charge in [-0.05, 0) is 36.4 Å². The van der Waals surface area contributed by atoms with Crippen LogP contribution in [0.25, 0.3) is 0 Å². The number of carboxylic acid groups (broad SMARTS) is 1. The summed E-state index contributed by atoms with van der Waals surface area (Å²) in [6, 6.07) is 10.6. The first-order chi connectivity index (χ1) is 10.6. The van der Waals surface area contributed by atoms with E-state index in [1.54, 1.807) is 18.2 Å². The fourth-order valence-corrected chi connectivity index (χ4v) is 2.18. The van der Waals surface area contributed by atoms with Crippen LogP contribution in [0.15, 0.2) is 47.6 Å². The van der Waals surface area contributed by atoms with Crippen LogP contribution in [0.4, 0.5) is 10.1 Å². The number of nitrogens with zero attached hydrogens (tertiary/aromatic N) is 1. The highest BCUT2D eigenvalue weighted by Crippen LogP contribution is 2.26.